The number of halogens is 1. The van der Waals surface area contributed by atoms with E-state index >= 15 is 0 Å². The number of imide groups is 1. The number of aliphatic hydroxyl groups excluding tert-OH is 1. The van der Waals surface area contributed by atoms with Crippen molar-refractivity contribution in [3.05, 3.63) is 64.4 Å². The number of nitrogens with zero attached hydrogens (tertiary/aromatic N) is 1. The average Bonchev–Trinajstić information content (AvgIpc) is 2.84. The number of carbonyl (C=O) groups is 2. The molecule has 0 bridgehead atoms. The molecule has 0 atom stereocenters. The van der Waals surface area contributed by atoms with Gasteiger partial charge in [0.15, 0.2) is 5.76 Å². The maximum atomic E-state index is 12.8. The Balaban J connectivity index is 1.94. The fraction of sp³-hybridized carbons (Fsp3) is 0.200. The first-order chi connectivity index (χ1) is 12.4. The highest BCUT2D eigenvalue weighted by Gasteiger charge is 2.40. The summed E-state index contributed by atoms with van der Waals surface area (Å²) in [5.41, 5.74) is 1.50. The largest absolute Gasteiger partial charge is 0.502 e. The summed E-state index contributed by atoms with van der Waals surface area (Å²) in [5, 5.41) is 10.8. The van der Waals surface area contributed by atoms with Crippen LogP contribution >= 0.6 is 11.6 Å². The Bertz CT molecular complexity index is 903. The van der Waals surface area contributed by atoms with Gasteiger partial charge in [-0.15, -0.1) is 0 Å². The number of hydrogen-bond donors (Lipinski definition) is 1. The predicted octanol–water partition coefficient (Wildman–Crippen LogP) is 4.28. The third kappa shape index (κ3) is 3.18. The number of anilines is 1. The second-order valence-corrected chi connectivity index (χ2v) is 6.41. The zero-order valence-corrected chi connectivity index (χ0v) is 15.2. The molecule has 2 aromatic rings. The van der Waals surface area contributed by atoms with Gasteiger partial charge in [-0.05, 0) is 54.8 Å². The molecule has 1 N–H and O–H groups in total. The van der Waals surface area contributed by atoms with E-state index in [4.69, 9.17) is 16.3 Å². The molecule has 0 aromatic heterocycles. The first-order valence-electron chi connectivity index (χ1n) is 8.25. The third-order valence-electron chi connectivity index (χ3n) is 4.08. The standard InChI is InChI=1S/C20H18ClNO4/c1-3-10-26-15-7-4-13(5-8-15)17-18(23)20(25)22(19(17)24)16-9-6-14(21)11-12(16)2/h4-9,11,23H,3,10H2,1-2H3. The van der Waals surface area contributed by atoms with Crippen molar-refractivity contribution in [1.82, 2.24) is 0 Å². The van der Waals surface area contributed by atoms with Crippen LogP contribution in [0.4, 0.5) is 5.69 Å². The first-order valence-corrected chi connectivity index (χ1v) is 8.63. The molecule has 0 radical (unpaired) electrons. The lowest BCUT2D eigenvalue weighted by atomic mass is 10.1. The Morgan fingerprint density at radius 2 is 1.77 bits per heavy atom. The van der Waals surface area contributed by atoms with Gasteiger partial charge >= 0.3 is 5.91 Å². The molecule has 2 aromatic carbocycles. The van der Waals surface area contributed by atoms with Gasteiger partial charge in [0.25, 0.3) is 5.91 Å². The van der Waals surface area contributed by atoms with E-state index in [0.29, 0.717) is 34.2 Å². The van der Waals surface area contributed by atoms with Crippen LogP contribution in [0.1, 0.15) is 24.5 Å². The molecule has 0 saturated heterocycles. The van der Waals surface area contributed by atoms with Crippen LogP contribution in [-0.4, -0.2) is 23.5 Å². The van der Waals surface area contributed by atoms with Crippen LogP contribution in [0.2, 0.25) is 5.02 Å². The van der Waals surface area contributed by atoms with Crippen molar-refractivity contribution >= 4 is 34.7 Å². The van der Waals surface area contributed by atoms with Gasteiger partial charge in [0.1, 0.15) is 5.75 Å². The van der Waals surface area contributed by atoms with Crippen molar-refractivity contribution < 1.29 is 19.4 Å². The lowest BCUT2D eigenvalue weighted by Gasteiger charge is -2.17. The molecular formula is C20H18ClNO4. The molecule has 6 heteroatoms. The monoisotopic (exact) mass is 371 g/mol. The second-order valence-electron chi connectivity index (χ2n) is 5.97. The quantitative estimate of drug-likeness (QED) is 0.796. The summed E-state index contributed by atoms with van der Waals surface area (Å²) in [6.07, 6.45) is 0.885. The van der Waals surface area contributed by atoms with E-state index in [-0.39, 0.29) is 5.57 Å². The topological polar surface area (TPSA) is 66.8 Å². The van der Waals surface area contributed by atoms with Crippen LogP contribution in [-0.2, 0) is 9.59 Å². The molecule has 0 fully saturated rings. The highest BCUT2D eigenvalue weighted by molar-refractivity contribution is 6.45. The van der Waals surface area contributed by atoms with Gasteiger partial charge in [-0.1, -0.05) is 30.7 Å². The van der Waals surface area contributed by atoms with Gasteiger partial charge < -0.3 is 9.84 Å². The first kappa shape index (κ1) is 18.0. The number of benzene rings is 2. The molecule has 134 valence electrons. The van der Waals surface area contributed by atoms with E-state index in [1.165, 1.54) is 0 Å². The third-order valence-corrected chi connectivity index (χ3v) is 4.31. The highest BCUT2D eigenvalue weighted by Crippen LogP contribution is 2.34. The van der Waals surface area contributed by atoms with Crippen LogP contribution in [0.5, 0.6) is 5.75 Å². The van der Waals surface area contributed by atoms with Crippen molar-refractivity contribution in [2.45, 2.75) is 20.3 Å². The Morgan fingerprint density at radius 3 is 2.38 bits per heavy atom. The van der Waals surface area contributed by atoms with Crippen LogP contribution < -0.4 is 9.64 Å². The smallest absolute Gasteiger partial charge is 0.301 e. The Morgan fingerprint density at radius 1 is 1.08 bits per heavy atom. The van der Waals surface area contributed by atoms with Crippen molar-refractivity contribution in [3.63, 3.8) is 0 Å². The fourth-order valence-corrected chi connectivity index (χ4v) is 3.03. The Hall–Kier alpha value is -2.79. The van der Waals surface area contributed by atoms with Gasteiger partial charge in [0.2, 0.25) is 0 Å². The van der Waals surface area contributed by atoms with Gasteiger partial charge in [0, 0.05) is 5.02 Å². The number of rotatable bonds is 5. The minimum absolute atomic E-state index is 0.0219. The number of ether oxygens (including phenoxy) is 1. The second kappa shape index (κ2) is 7.22. The van der Waals surface area contributed by atoms with E-state index in [1.807, 2.05) is 6.92 Å². The Kier molecular flexibility index (Phi) is 5.00. The SMILES string of the molecule is CCCOc1ccc(C2=C(O)C(=O)N(c3ccc(Cl)cc3C)C2=O)cc1. The molecule has 26 heavy (non-hydrogen) atoms. The van der Waals surface area contributed by atoms with Gasteiger partial charge in [0.05, 0.1) is 17.9 Å². The van der Waals surface area contributed by atoms with E-state index in [2.05, 4.69) is 0 Å². The summed E-state index contributed by atoms with van der Waals surface area (Å²) in [4.78, 5) is 26.3. The van der Waals surface area contributed by atoms with Crippen molar-refractivity contribution in [2.24, 2.45) is 0 Å². The van der Waals surface area contributed by atoms with Crippen molar-refractivity contribution in [1.29, 1.82) is 0 Å². The van der Waals surface area contributed by atoms with Gasteiger partial charge in [-0.25, -0.2) is 4.90 Å². The van der Waals surface area contributed by atoms with Gasteiger partial charge in [-0.3, -0.25) is 9.59 Å². The molecule has 0 spiro atoms. The van der Waals surface area contributed by atoms with E-state index in [0.717, 1.165) is 11.3 Å². The molecule has 1 aliphatic rings. The van der Waals surface area contributed by atoms with E-state index in [1.54, 1.807) is 49.4 Å². The number of carbonyl (C=O) groups excluding carboxylic acids is 2. The molecule has 1 heterocycles. The van der Waals surface area contributed by atoms with Crippen LogP contribution in [0.15, 0.2) is 48.2 Å². The van der Waals surface area contributed by atoms with Crippen molar-refractivity contribution in [2.75, 3.05) is 11.5 Å². The molecule has 0 aliphatic carbocycles. The maximum absolute atomic E-state index is 12.8. The molecule has 2 amide bonds. The summed E-state index contributed by atoms with van der Waals surface area (Å²) < 4.78 is 5.51. The highest BCUT2D eigenvalue weighted by atomic mass is 35.5. The number of hydrogen-bond acceptors (Lipinski definition) is 4. The molecule has 3 rings (SSSR count). The molecule has 1 aliphatic heterocycles. The maximum Gasteiger partial charge on any atom is 0.301 e. The Labute approximate surface area is 156 Å². The lowest BCUT2D eigenvalue weighted by Crippen LogP contribution is -2.32. The molecular weight excluding hydrogens is 354 g/mol. The molecule has 5 nitrogen and oxygen atoms in total. The predicted molar refractivity (Wildman–Crippen MR) is 100 cm³/mol. The molecule has 0 unspecified atom stereocenters. The zero-order valence-electron chi connectivity index (χ0n) is 14.5. The van der Waals surface area contributed by atoms with E-state index in [9.17, 15) is 14.7 Å². The minimum atomic E-state index is -0.748. The number of aliphatic hydroxyl groups is 1. The normalized spacial score (nSPS) is 14.3. The number of amides is 2. The lowest BCUT2D eigenvalue weighted by molar-refractivity contribution is -0.121. The molecule has 0 saturated carbocycles. The van der Waals surface area contributed by atoms with Crippen LogP contribution in [0.3, 0.4) is 0 Å². The summed E-state index contributed by atoms with van der Waals surface area (Å²) in [5.74, 6) is -1.22. The average molecular weight is 372 g/mol. The summed E-state index contributed by atoms with van der Waals surface area (Å²) in [6.45, 7) is 4.35. The van der Waals surface area contributed by atoms with Crippen LogP contribution in [0.25, 0.3) is 5.57 Å². The fourth-order valence-electron chi connectivity index (χ4n) is 2.80. The summed E-state index contributed by atoms with van der Waals surface area (Å²) in [7, 11) is 0. The summed E-state index contributed by atoms with van der Waals surface area (Å²) in [6, 6.07) is 11.6. The zero-order chi connectivity index (χ0) is 18.8. The number of aryl methyl sites for hydroxylation is 1. The minimum Gasteiger partial charge on any atom is -0.502 e. The van der Waals surface area contributed by atoms with Crippen LogP contribution in [0, 0.1) is 6.92 Å². The summed E-state index contributed by atoms with van der Waals surface area (Å²) >= 11 is 5.94. The van der Waals surface area contributed by atoms with E-state index < -0.39 is 17.6 Å². The van der Waals surface area contributed by atoms with Crippen molar-refractivity contribution in [3.8, 4) is 5.75 Å². The van der Waals surface area contributed by atoms with Gasteiger partial charge in [-0.2, -0.15) is 0 Å².